The number of nitrogens with one attached hydrogen (secondary N) is 1. The van der Waals surface area contributed by atoms with Gasteiger partial charge in [0.15, 0.2) is 0 Å². The lowest BCUT2D eigenvalue weighted by Crippen LogP contribution is -2.35. The number of carbonyl (C=O) groups excluding carboxylic acids is 1. The SMILES string of the molecule is CC(C)(C)NCc1ccc(-n2ccc(C(N)=O)n2)cc1Cl. The van der Waals surface area contributed by atoms with Crippen molar-refractivity contribution in [2.24, 2.45) is 5.73 Å². The summed E-state index contributed by atoms with van der Waals surface area (Å²) in [5.41, 5.74) is 7.24. The van der Waals surface area contributed by atoms with Gasteiger partial charge in [-0.15, -0.1) is 0 Å². The third-order valence-corrected chi connectivity index (χ3v) is 3.30. The highest BCUT2D eigenvalue weighted by Gasteiger charge is 2.11. The van der Waals surface area contributed by atoms with E-state index in [1.54, 1.807) is 16.9 Å². The molecule has 112 valence electrons. The highest BCUT2D eigenvalue weighted by molar-refractivity contribution is 6.31. The number of hydrogen-bond donors (Lipinski definition) is 2. The average molecular weight is 307 g/mol. The standard InChI is InChI=1S/C15H19ClN4O/c1-15(2,3)18-9-10-4-5-11(8-12(10)16)20-7-6-13(19-20)14(17)21/h4-8,18H,9H2,1-3H3,(H2,17,21). The van der Waals surface area contributed by atoms with Gasteiger partial charge in [0.05, 0.1) is 5.69 Å². The Morgan fingerprint density at radius 2 is 2.10 bits per heavy atom. The van der Waals surface area contributed by atoms with Crippen LogP contribution in [-0.2, 0) is 6.54 Å². The number of halogens is 1. The minimum Gasteiger partial charge on any atom is -0.364 e. The molecule has 0 unspecified atom stereocenters. The molecule has 21 heavy (non-hydrogen) atoms. The van der Waals surface area contributed by atoms with Crippen LogP contribution in [0.3, 0.4) is 0 Å². The molecule has 2 aromatic rings. The van der Waals surface area contributed by atoms with Crippen molar-refractivity contribution in [3.8, 4) is 5.69 Å². The molecule has 1 aromatic carbocycles. The Labute approximate surface area is 129 Å². The summed E-state index contributed by atoms with van der Waals surface area (Å²) in [6, 6.07) is 7.25. The van der Waals surface area contributed by atoms with Crippen molar-refractivity contribution in [2.75, 3.05) is 0 Å². The maximum atomic E-state index is 11.1. The van der Waals surface area contributed by atoms with E-state index >= 15 is 0 Å². The van der Waals surface area contributed by atoms with Gasteiger partial charge in [0, 0.05) is 23.3 Å². The summed E-state index contributed by atoms with van der Waals surface area (Å²) < 4.78 is 1.58. The number of benzene rings is 1. The number of carbonyl (C=O) groups is 1. The smallest absolute Gasteiger partial charge is 0.269 e. The first-order chi connectivity index (χ1) is 9.76. The minimum atomic E-state index is -0.550. The molecular weight excluding hydrogens is 288 g/mol. The molecule has 0 saturated carbocycles. The third kappa shape index (κ3) is 4.06. The van der Waals surface area contributed by atoms with E-state index in [9.17, 15) is 4.79 Å². The molecule has 5 nitrogen and oxygen atoms in total. The molecule has 6 heteroatoms. The number of nitrogens with two attached hydrogens (primary N) is 1. The molecule has 0 atom stereocenters. The lowest BCUT2D eigenvalue weighted by atomic mass is 10.1. The summed E-state index contributed by atoms with van der Waals surface area (Å²) in [6.45, 7) is 6.99. The molecule has 1 aromatic heterocycles. The summed E-state index contributed by atoms with van der Waals surface area (Å²) >= 11 is 6.30. The first-order valence-electron chi connectivity index (χ1n) is 6.65. The quantitative estimate of drug-likeness (QED) is 0.911. The monoisotopic (exact) mass is 306 g/mol. The number of primary amides is 1. The summed E-state index contributed by atoms with van der Waals surface area (Å²) in [5.74, 6) is -0.550. The van der Waals surface area contributed by atoms with E-state index in [1.165, 1.54) is 0 Å². The van der Waals surface area contributed by atoms with E-state index in [4.69, 9.17) is 17.3 Å². The molecule has 0 aliphatic rings. The maximum Gasteiger partial charge on any atom is 0.269 e. The molecule has 0 aliphatic heterocycles. The molecule has 0 fully saturated rings. The second-order valence-electron chi connectivity index (χ2n) is 5.89. The Balaban J connectivity index is 2.20. The van der Waals surface area contributed by atoms with Crippen molar-refractivity contribution in [1.82, 2.24) is 15.1 Å². The van der Waals surface area contributed by atoms with Gasteiger partial charge in [-0.2, -0.15) is 5.10 Å². The topological polar surface area (TPSA) is 72.9 Å². The number of rotatable bonds is 4. The fraction of sp³-hybridized carbons (Fsp3) is 0.333. The largest absolute Gasteiger partial charge is 0.364 e. The van der Waals surface area contributed by atoms with Gasteiger partial charge in [-0.05, 0) is 44.5 Å². The molecule has 0 saturated heterocycles. The van der Waals surface area contributed by atoms with Gasteiger partial charge < -0.3 is 11.1 Å². The highest BCUT2D eigenvalue weighted by atomic mass is 35.5. The first-order valence-corrected chi connectivity index (χ1v) is 7.03. The van der Waals surface area contributed by atoms with Crippen LogP contribution in [0.4, 0.5) is 0 Å². The van der Waals surface area contributed by atoms with E-state index in [-0.39, 0.29) is 11.2 Å². The Bertz CT molecular complexity index is 658. The zero-order valence-corrected chi connectivity index (χ0v) is 13.1. The van der Waals surface area contributed by atoms with Crippen LogP contribution in [0, 0.1) is 0 Å². The summed E-state index contributed by atoms with van der Waals surface area (Å²) in [4.78, 5) is 11.1. The Hall–Kier alpha value is -1.85. The molecular formula is C15H19ClN4O. The zero-order chi connectivity index (χ0) is 15.6. The summed E-state index contributed by atoms with van der Waals surface area (Å²) in [6.07, 6.45) is 1.68. The van der Waals surface area contributed by atoms with Gasteiger partial charge in [-0.25, -0.2) is 4.68 Å². The number of hydrogen-bond acceptors (Lipinski definition) is 3. The average Bonchev–Trinajstić information content (AvgIpc) is 2.85. The number of aromatic nitrogens is 2. The van der Waals surface area contributed by atoms with Gasteiger partial charge in [0.25, 0.3) is 5.91 Å². The molecule has 2 rings (SSSR count). The lowest BCUT2D eigenvalue weighted by molar-refractivity contribution is 0.0995. The Morgan fingerprint density at radius 3 is 2.62 bits per heavy atom. The van der Waals surface area contributed by atoms with Crippen molar-refractivity contribution in [3.63, 3.8) is 0 Å². The lowest BCUT2D eigenvalue weighted by Gasteiger charge is -2.21. The zero-order valence-electron chi connectivity index (χ0n) is 12.4. The van der Waals surface area contributed by atoms with Crippen LogP contribution < -0.4 is 11.1 Å². The highest BCUT2D eigenvalue weighted by Crippen LogP contribution is 2.21. The fourth-order valence-corrected chi connectivity index (χ4v) is 2.02. The third-order valence-electron chi connectivity index (χ3n) is 2.95. The van der Waals surface area contributed by atoms with Crippen LogP contribution in [-0.4, -0.2) is 21.2 Å². The number of amides is 1. The van der Waals surface area contributed by atoms with Crippen LogP contribution in [0.15, 0.2) is 30.5 Å². The van der Waals surface area contributed by atoms with Gasteiger partial charge in [-0.1, -0.05) is 17.7 Å². The normalized spacial score (nSPS) is 11.6. The first kappa shape index (κ1) is 15.5. The molecule has 0 aliphatic carbocycles. The summed E-state index contributed by atoms with van der Waals surface area (Å²) in [5, 5.41) is 8.15. The van der Waals surface area contributed by atoms with Crippen LogP contribution in [0.5, 0.6) is 0 Å². The maximum absolute atomic E-state index is 11.1. The van der Waals surface area contributed by atoms with Crippen molar-refractivity contribution >= 4 is 17.5 Å². The van der Waals surface area contributed by atoms with Gasteiger partial charge in [-0.3, -0.25) is 4.79 Å². The van der Waals surface area contributed by atoms with Crippen LogP contribution >= 0.6 is 11.6 Å². The number of nitrogens with zero attached hydrogens (tertiary/aromatic N) is 2. The predicted molar refractivity (Wildman–Crippen MR) is 83.7 cm³/mol. The van der Waals surface area contributed by atoms with Gasteiger partial charge in [0.1, 0.15) is 5.69 Å². The molecule has 0 spiro atoms. The van der Waals surface area contributed by atoms with Gasteiger partial charge >= 0.3 is 0 Å². The molecule has 0 radical (unpaired) electrons. The Kier molecular flexibility index (Phi) is 4.34. The van der Waals surface area contributed by atoms with Crippen molar-refractivity contribution in [2.45, 2.75) is 32.9 Å². The van der Waals surface area contributed by atoms with E-state index < -0.39 is 5.91 Å². The second kappa shape index (κ2) is 5.87. The molecule has 0 bridgehead atoms. The molecule has 1 amide bonds. The fourth-order valence-electron chi connectivity index (χ4n) is 1.78. The second-order valence-corrected chi connectivity index (χ2v) is 6.30. The minimum absolute atomic E-state index is 0.0281. The summed E-state index contributed by atoms with van der Waals surface area (Å²) in [7, 11) is 0. The van der Waals surface area contributed by atoms with E-state index in [0.29, 0.717) is 11.6 Å². The Morgan fingerprint density at radius 1 is 1.38 bits per heavy atom. The van der Waals surface area contributed by atoms with Crippen molar-refractivity contribution in [3.05, 3.63) is 46.7 Å². The van der Waals surface area contributed by atoms with E-state index in [0.717, 1.165) is 11.3 Å². The van der Waals surface area contributed by atoms with Gasteiger partial charge in [0.2, 0.25) is 0 Å². The molecule has 3 N–H and O–H groups in total. The molecule has 1 heterocycles. The predicted octanol–water partition coefficient (Wildman–Crippen LogP) is 2.51. The van der Waals surface area contributed by atoms with Crippen molar-refractivity contribution in [1.29, 1.82) is 0 Å². The van der Waals surface area contributed by atoms with Crippen LogP contribution in [0.1, 0.15) is 36.8 Å². The van der Waals surface area contributed by atoms with E-state index in [1.807, 2.05) is 18.2 Å². The van der Waals surface area contributed by atoms with Crippen molar-refractivity contribution < 1.29 is 4.79 Å². The van der Waals surface area contributed by atoms with Crippen LogP contribution in [0.25, 0.3) is 5.69 Å². The van der Waals surface area contributed by atoms with Crippen LogP contribution in [0.2, 0.25) is 5.02 Å². The van der Waals surface area contributed by atoms with E-state index in [2.05, 4.69) is 31.2 Å².